The fourth-order valence-electron chi connectivity index (χ4n) is 3.35. The Balaban J connectivity index is 1.77. The molecule has 2 saturated heterocycles. The van der Waals surface area contributed by atoms with Crippen LogP contribution >= 0.6 is 0 Å². The highest BCUT2D eigenvalue weighted by atomic mass is 16.4. The average Bonchev–Trinajstić information content (AvgIpc) is 2.85. The topological polar surface area (TPSA) is 73.9 Å². The minimum Gasteiger partial charge on any atom is -0.475 e. The van der Waals surface area contributed by atoms with Crippen molar-refractivity contribution in [3.63, 3.8) is 0 Å². The molecule has 5 nitrogen and oxygen atoms in total. The van der Waals surface area contributed by atoms with E-state index in [0.717, 1.165) is 31.2 Å². The third-order valence-corrected chi connectivity index (χ3v) is 4.15. The minimum absolute atomic E-state index is 0.0421. The van der Waals surface area contributed by atoms with Crippen LogP contribution in [0.4, 0.5) is 0 Å². The van der Waals surface area contributed by atoms with Gasteiger partial charge in [0.15, 0.2) is 0 Å². The highest BCUT2D eigenvalue weighted by molar-refractivity contribution is 5.86. The maximum atomic E-state index is 11.0. The van der Waals surface area contributed by atoms with Gasteiger partial charge in [0, 0.05) is 24.2 Å². The summed E-state index contributed by atoms with van der Waals surface area (Å²) in [5.74, 6) is -0.972. The van der Waals surface area contributed by atoms with E-state index in [4.69, 9.17) is 9.52 Å². The van der Waals surface area contributed by atoms with Gasteiger partial charge < -0.3 is 14.6 Å². The van der Waals surface area contributed by atoms with Gasteiger partial charge in [0.2, 0.25) is 5.76 Å². The van der Waals surface area contributed by atoms with Gasteiger partial charge in [-0.25, -0.2) is 4.79 Å². The van der Waals surface area contributed by atoms with E-state index in [1.807, 2.05) is 0 Å². The third kappa shape index (κ3) is 1.93. The standard InChI is InChI=1S/C13H17NO4/c15-11-5-9-1-2-10(6-11)14(9)7-8-3-4-18-12(8)13(16)17/h3-4,9-11,15H,1-2,5-7H2,(H,16,17). The molecule has 0 spiro atoms. The molecule has 0 aromatic carbocycles. The van der Waals surface area contributed by atoms with E-state index in [2.05, 4.69) is 4.90 Å². The van der Waals surface area contributed by atoms with Crippen LogP contribution in [-0.4, -0.2) is 39.3 Å². The Morgan fingerprint density at radius 2 is 2.06 bits per heavy atom. The van der Waals surface area contributed by atoms with E-state index in [1.165, 1.54) is 6.26 Å². The van der Waals surface area contributed by atoms with Crippen molar-refractivity contribution in [3.05, 3.63) is 23.7 Å². The van der Waals surface area contributed by atoms with Crippen molar-refractivity contribution in [1.82, 2.24) is 4.90 Å². The molecule has 2 atom stereocenters. The zero-order valence-corrected chi connectivity index (χ0v) is 10.1. The second-order valence-corrected chi connectivity index (χ2v) is 5.26. The van der Waals surface area contributed by atoms with E-state index in [-0.39, 0.29) is 11.9 Å². The molecular weight excluding hydrogens is 234 g/mol. The first-order valence-corrected chi connectivity index (χ1v) is 6.38. The molecule has 18 heavy (non-hydrogen) atoms. The SMILES string of the molecule is O=C(O)c1occc1CN1C2CCC1CC(O)C2. The van der Waals surface area contributed by atoms with Gasteiger partial charge in [-0.3, -0.25) is 4.90 Å². The van der Waals surface area contributed by atoms with Crippen LogP contribution in [0, 0.1) is 0 Å². The van der Waals surface area contributed by atoms with Gasteiger partial charge in [0.1, 0.15) is 0 Å². The van der Waals surface area contributed by atoms with Crippen molar-refractivity contribution in [2.45, 2.75) is 50.4 Å². The molecule has 0 radical (unpaired) electrons. The molecule has 5 heteroatoms. The second kappa shape index (κ2) is 4.40. The number of aliphatic hydroxyl groups excluding tert-OH is 1. The molecule has 3 heterocycles. The smallest absolute Gasteiger partial charge is 0.372 e. The maximum absolute atomic E-state index is 11.0. The summed E-state index contributed by atoms with van der Waals surface area (Å²) in [5, 5.41) is 18.8. The zero-order chi connectivity index (χ0) is 12.7. The van der Waals surface area contributed by atoms with E-state index in [0.29, 0.717) is 18.6 Å². The maximum Gasteiger partial charge on any atom is 0.372 e. The number of aromatic carboxylic acids is 1. The molecule has 2 unspecified atom stereocenters. The molecule has 1 aromatic heterocycles. The summed E-state index contributed by atoms with van der Waals surface area (Å²) in [6, 6.07) is 2.50. The van der Waals surface area contributed by atoms with Gasteiger partial charge >= 0.3 is 5.97 Å². The Kier molecular flexibility index (Phi) is 2.87. The monoisotopic (exact) mass is 251 g/mol. The minimum atomic E-state index is -1.01. The van der Waals surface area contributed by atoms with Crippen LogP contribution < -0.4 is 0 Å². The Morgan fingerprint density at radius 3 is 2.67 bits per heavy atom. The third-order valence-electron chi connectivity index (χ3n) is 4.15. The summed E-state index contributed by atoms with van der Waals surface area (Å²) >= 11 is 0. The van der Waals surface area contributed by atoms with Crippen LogP contribution in [0.1, 0.15) is 41.8 Å². The molecule has 2 fully saturated rings. The molecule has 3 rings (SSSR count). The number of carbonyl (C=O) groups is 1. The molecule has 0 aliphatic carbocycles. The first kappa shape index (κ1) is 11.7. The lowest BCUT2D eigenvalue weighted by atomic mass is 9.99. The number of aliphatic hydroxyl groups is 1. The molecule has 98 valence electrons. The van der Waals surface area contributed by atoms with Gasteiger partial charge in [0.05, 0.1) is 12.4 Å². The lowest BCUT2D eigenvalue weighted by Crippen LogP contribution is -2.44. The average molecular weight is 251 g/mol. The summed E-state index contributed by atoms with van der Waals surface area (Å²) < 4.78 is 5.00. The van der Waals surface area contributed by atoms with Gasteiger partial charge in [-0.2, -0.15) is 0 Å². The highest BCUT2D eigenvalue weighted by Crippen LogP contribution is 2.37. The number of hydrogen-bond donors (Lipinski definition) is 2. The van der Waals surface area contributed by atoms with E-state index in [1.54, 1.807) is 6.07 Å². The van der Waals surface area contributed by atoms with Crippen LogP contribution in [0.25, 0.3) is 0 Å². The van der Waals surface area contributed by atoms with Crippen molar-refractivity contribution in [3.8, 4) is 0 Å². The molecular formula is C13H17NO4. The fraction of sp³-hybridized carbons (Fsp3) is 0.615. The van der Waals surface area contributed by atoms with Crippen LogP contribution in [-0.2, 0) is 6.54 Å². The molecule has 2 N–H and O–H groups in total. The zero-order valence-electron chi connectivity index (χ0n) is 10.1. The lowest BCUT2D eigenvalue weighted by molar-refractivity contribution is 0.0303. The van der Waals surface area contributed by atoms with Gasteiger partial charge in [-0.1, -0.05) is 0 Å². The Labute approximate surface area is 105 Å². The molecule has 0 saturated carbocycles. The number of rotatable bonds is 3. The number of furan rings is 1. The van der Waals surface area contributed by atoms with Gasteiger partial charge in [-0.15, -0.1) is 0 Å². The Hall–Kier alpha value is -1.33. The first-order valence-electron chi connectivity index (χ1n) is 6.38. The molecule has 2 bridgehead atoms. The van der Waals surface area contributed by atoms with E-state index in [9.17, 15) is 9.90 Å². The number of carboxylic acids is 1. The van der Waals surface area contributed by atoms with Gasteiger partial charge in [0.25, 0.3) is 0 Å². The first-order chi connectivity index (χ1) is 8.65. The van der Waals surface area contributed by atoms with Crippen molar-refractivity contribution in [2.24, 2.45) is 0 Å². The van der Waals surface area contributed by atoms with Crippen LogP contribution in [0.5, 0.6) is 0 Å². The predicted octanol–water partition coefficient (Wildman–Crippen LogP) is 1.47. The normalized spacial score (nSPS) is 31.7. The second-order valence-electron chi connectivity index (χ2n) is 5.26. The van der Waals surface area contributed by atoms with E-state index >= 15 is 0 Å². The molecule has 1 aromatic rings. The number of nitrogens with zero attached hydrogens (tertiary/aromatic N) is 1. The molecule has 2 aliphatic heterocycles. The summed E-state index contributed by atoms with van der Waals surface area (Å²) in [5.41, 5.74) is 0.732. The summed E-state index contributed by atoms with van der Waals surface area (Å²) in [4.78, 5) is 13.3. The van der Waals surface area contributed by atoms with Crippen LogP contribution in [0.2, 0.25) is 0 Å². The van der Waals surface area contributed by atoms with Gasteiger partial charge in [-0.05, 0) is 31.7 Å². The lowest BCUT2D eigenvalue weighted by Gasteiger charge is -2.36. The number of fused-ring (bicyclic) bond motifs is 2. The molecule has 0 amide bonds. The summed E-state index contributed by atoms with van der Waals surface area (Å²) in [6.07, 6.45) is 5.04. The van der Waals surface area contributed by atoms with Crippen molar-refractivity contribution in [1.29, 1.82) is 0 Å². The van der Waals surface area contributed by atoms with Crippen molar-refractivity contribution >= 4 is 5.97 Å². The van der Waals surface area contributed by atoms with Crippen molar-refractivity contribution in [2.75, 3.05) is 0 Å². The highest BCUT2D eigenvalue weighted by Gasteiger charge is 2.40. The van der Waals surface area contributed by atoms with Crippen molar-refractivity contribution < 1.29 is 19.4 Å². The number of hydrogen-bond acceptors (Lipinski definition) is 4. The van der Waals surface area contributed by atoms with Crippen LogP contribution in [0.3, 0.4) is 0 Å². The Bertz CT molecular complexity index is 442. The largest absolute Gasteiger partial charge is 0.475 e. The quantitative estimate of drug-likeness (QED) is 0.850. The van der Waals surface area contributed by atoms with E-state index < -0.39 is 5.97 Å². The number of piperidine rings is 1. The predicted molar refractivity (Wildman–Crippen MR) is 63.3 cm³/mol. The summed E-state index contributed by atoms with van der Waals surface area (Å²) in [6.45, 7) is 0.611. The number of carboxylic acid groups (broad SMARTS) is 1. The van der Waals surface area contributed by atoms with Crippen LogP contribution in [0.15, 0.2) is 16.7 Å². The Morgan fingerprint density at radius 1 is 1.39 bits per heavy atom. The summed E-state index contributed by atoms with van der Waals surface area (Å²) in [7, 11) is 0. The molecule has 2 aliphatic rings. The fourth-order valence-corrected chi connectivity index (χ4v) is 3.35.